The molecule has 0 unspecified atom stereocenters. The van der Waals surface area contributed by atoms with Crippen LogP contribution < -0.4 is 9.64 Å². The summed E-state index contributed by atoms with van der Waals surface area (Å²) in [6.07, 6.45) is 0. The molecule has 1 fully saturated rings. The van der Waals surface area contributed by atoms with Gasteiger partial charge >= 0.3 is 0 Å². The van der Waals surface area contributed by atoms with Crippen molar-refractivity contribution in [3.8, 4) is 11.6 Å². The maximum atomic E-state index is 12.8. The second-order valence-electron chi connectivity index (χ2n) is 6.55. The van der Waals surface area contributed by atoms with E-state index in [0.717, 1.165) is 10.3 Å². The van der Waals surface area contributed by atoms with Gasteiger partial charge in [0.25, 0.3) is 5.91 Å². The fourth-order valence-corrected chi connectivity index (χ4v) is 3.68. The molecule has 2 aromatic carbocycles. The van der Waals surface area contributed by atoms with E-state index in [1.54, 1.807) is 18.2 Å². The van der Waals surface area contributed by atoms with Crippen LogP contribution >= 0.6 is 27.5 Å². The molecule has 0 spiro atoms. The lowest BCUT2D eigenvalue weighted by atomic mass is 10.2. The number of anilines is 1. The van der Waals surface area contributed by atoms with E-state index >= 15 is 0 Å². The third kappa shape index (κ3) is 4.68. The van der Waals surface area contributed by atoms with Crippen molar-refractivity contribution in [2.75, 3.05) is 31.1 Å². The highest BCUT2D eigenvalue weighted by Crippen LogP contribution is 2.24. The molecular weight excluding hydrogens is 456 g/mol. The van der Waals surface area contributed by atoms with Gasteiger partial charge < -0.3 is 14.5 Å². The van der Waals surface area contributed by atoms with Crippen molar-refractivity contribution in [1.29, 1.82) is 0 Å². The van der Waals surface area contributed by atoms with Gasteiger partial charge in [-0.1, -0.05) is 45.7 Å². The van der Waals surface area contributed by atoms with E-state index < -0.39 is 0 Å². The van der Waals surface area contributed by atoms with E-state index in [2.05, 4.69) is 31.0 Å². The predicted molar refractivity (Wildman–Crippen MR) is 116 cm³/mol. The van der Waals surface area contributed by atoms with E-state index in [0.29, 0.717) is 48.4 Å². The minimum atomic E-state index is -0.0614. The molecule has 0 bridgehead atoms. The van der Waals surface area contributed by atoms with Crippen molar-refractivity contribution in [2.45, 2.75) is 0 Å². The van der Waals surface area contributed by atoms with Gasteiger partial charge in [0.2, 0.25) is 5.88 Å². The number of ether oxygens (including phenoxy) is 1. The first-order valence-electron chi connectivity index (χ1n) is 9.16. The predicted octanol–water partition coefficient (Wildman–Crippen LogP) is 4.65. The van der Waals surface area contributed by atoms with Gasteiger partial charge in [0, 0.05) is 36.7 Å². The van der Waals surface area contributed by atoms with E-state index in [1.807, 2.05) is 47.4 Å². The minimum absolute atomic E-state index is 0.0614. The second-order valence-corrected chi connectivity index (χ2v) is 7.87. The monoisotopic (exact) mass is 472 g/mol. The Balaban J connectivity index is 1.37. The molecule has 8 heteroatoms. The maximum Gasteiger partial charge on any atom is 0.255 e. The molecule has 148 valence electrons. The number of hydrogen-bond donors (Lipinski definition) is 0. The number of nitrogens with zero attached hydrogens (tertiary/aromatic N) is 4. The molecule has 0 saturated carbocycles. The smallest absolute Gasteiger partial charge is 0.255 e. The summed E-state index contributed by atoms with van der Waals surface area (Å²) >= 11 is 9.59. The third-order valence-corrected chi connectivity index (χ3v) is 5.46. The summed E-state index contributed by atoms with van der Waals surface area (Å²) in [5.74, 6) is 1.86. The molecule has 0 atom stereocenters. The molecule has 1 aromatic heterocycles. The minimum Gasteiger partial charge on any atom is -0.438 e. The number of piperazine rings is 1. The number of hydrogen-bond acceptors (Lipinski definition) is 5. The van der Waals surface area contributed by atoms with Crippen LogP contribution in [-0.4, -0.2) is 47.2 Å². The molecule has 2 heterocycles. The number of rotatable bonds is 4. The van der Waals surface area contributed by atoms with E-state index in [4.69, 9.17) is 16.3 Å². The van der Waals surface area contributed by atoms with Gasteiger partial charge in [0.15, 0.2) is 5.82 Å². The van der Waals surface area contributed by atoms with Crippen molar-refractivity contribution in [2.24, 2.45) is 0 Å². The molecule has 4 rings (SSSR count). The molecule has 1 aliphatic heterocycles. The summed E-state index contributed by atoms with van der Waals surface area (Å²) < 4.78 is 6.51. The second kappa shape index (κ2) is 8.80. The molecule has 0 aliphatic carbocycles. The Morgan fingerprint density at radius 3 is 2.41 bits per heavy atom. The summed E-state index contributed by atoms with van der Waals surface area (Å²) in [7, 11) is 0. The van der Waals surface area contributed by atoms with Gasteiger partial charge in [-0.05, 0) is 36.4 Å². The first-order valence-corrected chi connectivity index (χ1v) is 10.3. The van der Waals surface area contributed by atoms with Crippen LogP contribution in [0.2, 0.25) is 5.02 Å². The lowest BCUT2D eigenvalue weighted by molar-refractivity contribution is 0.0746. The highest BCUT2D eigenvalue weighted by Gasteiger charge is 2.24. The summed E-state index contributed by atoms with van der Waals surface area (Å²) in [5.41, 5.74) is 0.511. The highest BCUT2D eigenvalue weighted by atomic mass is 79.9. The molecule has 1 aliphatic rings. The van der Waals surface area contributed by atoms with Crippen molar-refractivity contribution in [3.63, 3.8) is 0 Å². The van der Waals surface area contributed by atoms with Gasteiger partial charge in [0.1, 0.15) is 5.75 Å². The van der Waals surface area contributed by atoms with Gasteiger partial charge in [-0.2, -0.15) is 0 Å². The number of amides is 1. The fourth-order valence-electron chi connectivity index (χ4n) is 3.12. The van der Waals surface area contributed by atoms with Gasteiger partial charge in [-0.3, -0.25) is 4.79 Å². The Morgan fingerprint density at radius 2 is 1.72 bits per heavy atom. The zero-order chi connectivity index (χ0) is 20.2. The molecule has 6 nitrogen and oxygen atoms in total. The van der Waals surface area contributed by atoms with Crippen molar-refractivity contribution >= 4 is 39.3 Å². The molecule has 1 saturated heterocycles. The topological polar surface area (TPSA) is 58.6 Å². The van der Waals surface area contributed by atoms with Gasteiger partial charge in [0.05, 0.1) is 10.6 Å². The number of carbonyl (C=O) groups is 1. The lowest BCUT2D eigenvalue weighted by Gasteiger charge is -2.35. The Hall–Kier alpha value is -2.64. The van der Waals surface area contributed by atoms with Crippen LogP contribution in [0.25, 0.3) is 0 Å². The van der Waals surface area contributed by atoms with Crippen molar-refractivity contribution in [1.82, 2.24) is 15.1 Å². The van der Waals surface area contributed by atoms with Crippen LogP contribution in [0.1, 0.15) is 10.4 Å². The molecule has 0 N–H and O–H groups in total. The Labute approximate surface area is 182 Å². The van der Waals surface area contributed by atoms with Crippen LogP contribution in [-0.2, 0) is 0 Å². The quantitative estimate of drug-likeness (QED) is 0.552. The summed E-state index contributed by atoms with van der Waals surface area (Å²) in [6.45, 7) is 2.52. The summed E-state index contributed by atoms with van der Waals surface area (Å²) in [4.78, 5) is 16.7. The number of para-hydroxylation sites is 1. The standard InChI is InChI=1S/C21H18BrClN4O2/c22-15-6-7-18(23)17(14-15)21(28)27-12-10-26(11-13-27)19-8-9-20(25-24-19)29-16-4-2-1-3-5-16/h1-9,14H,10-13H2. The Kier molecular flexibility index (Phi) is 5.97. The van der Waals surface area contributed by atoms with Gasteiger partial charge in [-0.25, -0.2) is 0 Å². The number of aromatic nitrogens is 2. The van der Waals surface area contributed by atoms with Crippen LogP contribution in [0.4, 0.5) is 5.82 Å². The molecule has 1 amide bonds. The Bertz CT molecular complexity index is 993. The third-order valence-electron chi connectivity index (χ3n) is 4.64. The molecule has 3 aromatic rings. The summed E-state index contributed by atoms with van der Waals surface area (Å²) in [5, 5.41) is 8.89. The maximum absolute atomic E-state index is 12.8. The van der Waals surface area contributed by atoms with E-state index in [9.17, 15) is 4.79 Å². The molecule has 29 heavy (non-hydrogen) atoms. The highest BCUT2D eigenvalue weighted by molar-refractivity contribution is 9.10. The number of carbonyl (C=O) groups excluding carboxylic acids is 1. The van der Waals surface area contributed by atoms with Crippen LogP contribution in [0.3, 0.4) is 0 Å². The van der Waals surface area contributed by atoms with E-state index in [-0.39, 0.29) is 5.91 Å². The average Bonchev–Trinajstić information content (AvgIpc) is 2.76. The van der Waals surface area contributed by atoms with Gasteiger partial charge in [-0.15, -0.1) is 10.2 Å². The molecule has 0 radical (unpaired) electrons. The molecular formula is C21H18BrClN4O2. The van der Waals surface area contributed by atoms with Crippen LogP contribution in [0.15, 0.2) is 65.1 Å². The number of benzene rings is 2. The van der Waals surface area contributed by atoms with Crippen LogP contribution in [0.5, 0.6) is 11.6 Å². The lowest BCUT2D eigenvalue weighted by Crippen LogP contribution is -2.49. The first kappa shape index (κ1) is 19.7. The van der Waals surface area contributed by atoms with Crippen LogP contribution in [0, 0.1) is 0 Å². The van der Waals surface area contributed by atoms with Crippen molar-refractivity contribution in [3.05, 3.63) is 75.7 Å². The SMILES string of the molecule is O=C(c1cc(Br)ccc1Cl)N1CCN(c2ccc(Oc3ccccc3)nn2)CC1. The van der Waals surface area contributed by atoms with E-state index in [1.165, 1.54) is 0 Å². The normalized spacial score (nSPS) is 14.0. The largest absolute Gasteiger partial charge is 0.438 e. The number of halogens is 2. The average molecular weight is 474 g/mol. The fraction of sp³-hybridized carbons (Fsp3) is 0.190. The first-order chi connectivity index (χ1) is 14.1. The summed E-state index contributed by atoms with van der Waals surface area (Å²) in [6, 6.07) is 18.4. The Morgan fingerprint density at radius 1 is 0.966 bits per heavy atom. The van der Waals surface area contributed by atoms with Crippen molar-refractivity contribution < 1.29 is 9.53 Å². The zero-order valence-corrected chi connectivity index (χ0v) is 17.8. The zero-order valence-electron chi connectivity index (χ0n) is 15.5.